The molecule has 4 nitrogen and oxygen atoms in total. The number of hydrogen-bond donors (Lipinski definition) is 0. The second-order valence-electron chi connectivity index (χ2n) is 4.80. The van der Waals surface area contributed by atoms with Crippen LogP contribution in [0.15, 0.2) is 60.7 Å². The third-order valence-corrected chi connectivity index (χ3v) is 3.45. The highest BCUT2D eigenvalue weighted by molar-refractivity contribution is 5.75. The Kier molecular flexibility index (Phi) is 2.60. The SMILES string of the molecule is C(=C\n1nnc2ccccc21)/[C@H]1O[C@H]1c1ccccc1. The molecule has 0 bridgehead atoms. The Morgan fingerprint density at radius 2 is 1.80 bits per heavy atom. The maximum atomic E-state index is 5.67. The molecule has 1 aliphatic rings. The number of rotatable bonds is 3. The largest absolute Gasteiger partial charge is 0.360 e. The average molecular weight is 263 g/mol. The van der Waals surface area contributed by atoms with Crippen LogP contribution in [0.1, 0.15) is 11.7 Å². The fourth-order valence-corrected chi connectivity index (χ4v) is 2.34. The van der Waals surface area contributed by atoms with Crippen LogP contribution >= 0.6 is 0 Å². The first-order valence-electron chi connectivity index (χ1n) is 6.60. The summed E-state index contributed by atoms with van der Waals surface area (Å²) in [5.74, 6) is 0. The minimum absolute atomic E-state index is 0.125. The lowest BCUT2D eigenvalue weighted by Gasteiger charge is -1.93. The molecule has 0 spiro atoms. The third kappa shape index (κ3) is 2.00. The van der Waals surface area contributed by atoms with E-state index in [1.165, 1.54) is 5.56 Å². The summed E-state index contributed by atoms with van der Waals surface area (Å²) in [6, 6.07) is 18.1. The van der Waals surface area contributed by atoms with Gasteiger partial charge in [-0.15, -0.1) is 5.10 Å². The van der Waals surface area contributed by atoms with Crippen molar-refractivity contribution in [3.63, 3.8) is 0 Å². The highest BCUT2D eigenvalue weighted by atomic mass is 16.6. The molecule has 1 fully saturated rings. The molecule has 3 aromatic rings. The molecule has 4 heteroatoms. The van der Waals surface area contributed by atoms with Gasteiger partial charge >= 0.3 is 0 Å². The van der Waals surface area contributed by atoms with Crippen LogP contribution in [0.3, 0.4) is 0 Å². The molecule has 1 saturated heterocycles. The van der Waals surface area contributed by atoms with Crippen molar-refractivity contribution >= 4 is 17.2 Å². The van der Waals surface area contributed by atoms with Gasteiger partial charge in [-0.1, -0.05) is 47.7 Å². The van der Waals surface area contributed by atoms with Gasteiger partial charge in [0.15, 0.2) is 0 Å². The normalized spacial score (nSPS) is 21.6. The predicted octanol–water partition coefficient (Wildman–Crippen LogP) is 3.04. The van der Waals surface area contributed by atoms with Gasteiger partial charge in [0.25, 0.3) is 0 Å². The van der Waals surface area contributed by atoms with Crippen molar-refractivity contribution in [1.29, 1.82) is 0 Å². The van der Waals surface area contributed by atoms with Crippen molar-refractivity contribution in [2.24, 2.45) is 0 Å². The van der Waals surface area contributed by atoms with E-state index < -0.39 is 0 Å². The summed E-state index contributed by atoms with van der Waals surface area (Å²) in [6.07, 6.45) is 4.24. The first-order chi connectivity index (χ1) is 9.92. The molecule has 4 rings (SSSR count). The minimum atomic E-state index is 0.125. The number of fused-ring (bicyclic) bond motifs is 1. The van der Waals surface area contributed by atoms with Crippen molar-refractivity contribution < 1.29 is 4.74 Å². The summed E-state index contributed by atoms with van der Waals surface area (Å²) in [5, 5.41) is 8.23. The zero-order valence-corrected chi connectivity index (χ0v) is 10.8. The van der Waals surface area contributed by atoms with Crippen LogP contribution in [-0.4, -0.2) is 21.1 Å². The average Bonchev–Trinajstić information content (AvgIpc) is 3.18. The second-order valence-corrected chi connectivity index (χ2v) is 4.80. The summed E-state index contributed by atoms with van der Waals surface area (Å²) in [6.45, 7) is 0. The van der Waals surface area contributed by atoms with Gasteiger partial charge < -0.3 is 4.74 Å². The summed E-state index contributed by atoms with van der Waals surface area (Å²) >= 11 is 0. The molecular weight excluding hydrogens is 250 g/mol. The molecule has 0 N–H and O–H groups in total. The Bertz CT molecular complexity index is 764. The molecule has 1 aromatic heterocycles. The van der Waals surface area contributed by atoms with Crippen LogP contribution in [0.25, 0.3) is 17.2 Å². The summed E-state index contributed by atoms with van der Waals surface area (Å²) in [4.78, 5) is 0. The van der Waals surface area contributed by atoms with E-state index in [1.807, 2.05) is 54.7 Å². The lowest BCUT2D eigenvalue weighted by atomic mass is 10.1. The maximum Gasteiger partial charge on any atom is 0.113 e. The lowest BCUT2D eigenvalue weighted by Crippen LogP contribution is -1.90. The molecule has 0 aliphatic carbocycles. The van der Waals surface area contributed by atoms with Gasteiger partial charge in [0.1, 0.15) is 17.7 Å². The molecule has 2 atom stereocenters. The van der Waals surface area contributed by atoms with Crippen molar-refractivity contribution in [2.45, 2.75) is 12.2 Å². The highest BCUT2D eigenvalue weighted by Gasteiger charge is 2.37. The van der Waals surface area contributed by atoms with Crippen LogP contribution in [0.2, 0.25) is 0 Å². The Hall–Kier alpha value is -2.46. The number of nitrogens with zero attached hydrogens (tertiary/aromatic N) is 3. The second kappa shape index (κ2) is 4.58. The van der Waals surface area contributed by atoms with E-state index in [4.69, 9.17) is 4.74 Å². The van der Waals surface area contributed by atoms with E-state index in [-0.39, 0.29) is 12.2 Å². The standard InChI is InChI=1S/C16H13N3O/c1-2-6-12(7-3-1)16-15(20-16)10-11-19-14-9-5-4-8-13(14)17-18-19/h1-11,15-16H/b11-10+/t15-,16+/m1/s1. The van der Waals surface area contributed by atoms with Gasteiger partial charge in [0, 0.05) is 6.20 Å². The predicted molar refractivity (Wildman–Crippen MR) is 76.9 cm³/mol. The number of epoxide rings is 1. The Balaban J connectivity index is 1.53. The third-order valence-electron chi connectivity index (χ3n) is 3.45. The molecule has 0 radical (unpaired) electrons. The van der Waals surface area contributed by atoms with Gasteiger partial charge in [0.05, 0.1) is 5.52 Å². The number of para-hydroxylation sites is 1. The van der Waals surface area contributed by atoms with Crippen LogP contribution in [0.4, 0.5) is 0 Å². The Labute approximate surface area is 116 Å². The molecular formula is C16H13N3O. The van der Waals surface area contributed by atoms with Crippen molar-refractivity contribution in [3.05, 3.63) is 66.2 Å². The van der Waals surface area contributed by atoms with Gasteiger partial charge in [-0.05, 0) is 23.8 Å². The minimum Gasteiger partial charge on any atom is -0.360 e. The Morgan fingerprint density at radius 1 is 1.00 bits per heavy atom. The molecule has 1 aliphatic heterocycles. The highest BCUT2D eigenvalue weighted by Crippen LogP contribution is 2.39. The smallest absolute Gasteiger partial charge is 0.113 e. The van der Waals surface area contributed by atoms with E-state index in [0.29, 0.717) is 0 Å². The topological polar surface area (TPSA) is 43.2 Å². The molecule has 98 valence electrons. The van der Waals surface area contributed by atoms with Crippen molar-refractivity contribution in [2.75, 3.05) is 0 Å². The van der Waals surface area contributed by atoms with Gasteiger partial charge in [-0.2, -0.15) is 0 Å². The maximum absolute atomic E-state index is 5.67. The van der Waals surface area contributed by atoms with E-state index >= 15 is 0 Å². The van der Waals surface area contributed by atoms with Crippen LogP contribution in [0, 0.1) is 0 Å². The Morgan fingerprint density at radius 3 is 2.70 bits per heavy atom. The monoisotopic (exact) mass is 263 g/mol. The lowest BCUT2D eigenvalue weighted by molar-refractivity contribution is 0.394. The van der Waals surface area contributed by atoms with Crippen LogP contribution in [0.5, 0.6) is 0 Å². The molecule has 0 saturated carbocycles. The van der Waals surface area contributed by atoms with Gasteiger partial charge in [0.2, 0.25) is 0 Å². The molecule has 2 aromatic carbocycles. The number of aromatic nitrogens is 3. The first kappa shape index (κ1) is 11.4. The van der Waals surface area contributed by atoms with Crippen molar-refractivity contribution in [1.82, 2.24) is 15.0 Å². The van der Waals surface area contributed by atoms with E-state index in [0.717, 1.165) is 11.0 Å². The molecule has 2 heterocycles. The van der Waals surface area contributed by atoms with Crippen LogP contribution in [-0.2, 0) is 4.74 Å². The van der Waals surface area contributed by atoms with E-state index in [9.17, 15) is 0 Å². The van der Waals surface area contributed by atoms with Gasteiger partial charge in [-0.25, -0.2) is 4.68 Å². The summed E-state index contributed by atoms with van der Waals surface area (Å²) in [5.41, 5.74) is 3.11. The number of hydrogen-bond acceptors (Lipinski definition) is 3. The van der Waals surface area contributed by atoms with Crippen LogP contribution < -0.4 is 0 Å². The molecule has 20 heavy (non-hydrogen) atoms. The summed E-state index contributed by atoms with van der Waals surface area (Å²) in [7, 11) is 0. The fraction of sp³-hybridized carbons (Fsp3) is 0.125. The van der Waals surface area contributed by atoms with E-state index in [1.54, 1.807) is 4.68 Å². The quantitative estimate of drug-likeness (QED) is 0.682. The number of ether oxygens (including phenoxy) is 1. The van der Waals surface area contributed by atoms with E-state index in [2.05, 4.69) is 22.4 Å². The molecule has 0 unspecified atom stereocenters. The van der Waals surface area contributed by atoms with Gasteiger partial charge in [-0.3, -0.25) is 0 Å². The summed E-state index contributed by atoms with van der Waals surface area (Å²) < 4.78 is 7.44. The fourth-order valence-electron chi connectivity index (χ4n) is 2.34. The molecule has 0 amide bonds. The zero-order valence-electron chi connectivity index (χ0n) is 10.8. The number of benzene rings is 2. The van der Waals surface area contributed by atoms with Crippen molar-refractivity contribution in [3.8, 4) is 0 Å². The zero-order chi connectivity index (χ0) is 13.4. The first-order valence-corrected chi connectivity index (χ1v) is 6.60.